The average Bonchev–Trinajstić information content (AvgIpc) is 2.82. The summed E-state index contributed by atoms with van der Waals surface area (Å²) >= 11 is 0. The molecule has 0 fully saturated rings. The van der Waals surface area contributed by atoms with Crippen molar-refractivity contribution in [3.63, 3.8) is 0 Å². The molecule has 0 saturated carbocycles. The van der Waals surface area contributed by atoms with Crippen LogP contribution in [0, 0.1) is 13.8 Å². The van der Waals surface area contributed by atoms with Gasteiger partial charge in [-0.15, -0.1) is 0 Å². The van der Waals surface area contributed by atoms with E-state index in [-0.39, 0.29) is 11.5 Å². The van der Waals surface area contributed by atoms with Crippen LogP contribution in [-0.2, 0) is 19.6 Å². The minimum Gasteiger partial charge on any atom is -0.484 e. The van der Waals surface area contributed by atoms with Gasteiger partial charge in [0, 0.05) is 0 Å². The Morgan fingerprint density at radius 1 is 1.00 bits per heavy atom. The lowest BCUT2D eigenvalue weighted by Crippen LogP contribution is -2.39. The van der Waals surface area contributed by atoms with Gasteiger partial charge in [0.05, 0.1) is 16.8 Å². The molecule has 9 nitrogen and oxygen atoms in total. The van der Waals surface area contributed by atoms with Crippen LogP contribution in [0.15, 0.2) is 82.8 Å². The molecule has 3 aromatic carbocycles. The minimum absolute atomic E-state index is 0.0829. The quantitative estimate of drug-likeness (QED) is 0.330. The third kappa shape index (κ3) is 7.15. The van der Waals surface area contributed by atoms with E-state index in [1.54, 1.807) is 54.6 Å². The molecule has 182 valence electrons. The number of sulfonamides is 1. The second-order valence-electron chi connectivity index (χ2n) is 7.78. The highest BCUT2D eigenvalue weighted by Crippen LogP contribution is 2.24. The van der Waals surface area contributed by atoms with E-state index in [1.807, 2.05) is 19.9 Å². The Hall–Kier alpha value is -4.18. The van der Waals surface area contributed by atoms with Crippen molar-refractivity contribution in [3.05, 3.63) is 89.5 Å². The molecule has 0 aromatic heterocycles. The largest absolute Gasteiger partial charge is 0.484 e. The molecule has 3 rings (SSSR count). The molecule has 0 spiro atoms. The van der Waals surface area contributed by atoms with Gasteiger partial charge in [0.1, 0.15) is 12.3 Å². The molecule has 35 heavy (non-hydrogen) atoms. The van der Waals surface area contributed by atoms with Crippen molar-refractivity contribution in [2.75, 3.05) is 17.5 Å². The third-order valence-corrected chi connectivity index (χ3v) is 6.64. The number of hydrazone groups is 1. The van der Waals surface area contributed by atoms with Crippen LogP contribution < -0.4 is 20.2 Å². The van der Waals surface area contributed by atoms with Gasteiger partial charge in [-0.25, -0.2) is 13.8 Å². The highest BCUT2D eigenvalue weighted by Gasteiger charge is 2.27. The smallest absolute Gasteiger partial charge is 0.264 e. The molecule has 2 amide bonds. The van der Waals surface area contributed by atoms with Crippen molar-refractivity contribution in [3.8, 4) is 5.75 Å². The number of hydrogen-bond donors (Lipinski definition) is 2. The Morgan fingerprint density at radius 3 is 2.31 bits per heavy atom. The fourth-order valence-electron chi connectivity index (χ4n) is 3.08. The molecular formula is C25H26N4O5S. The van der Waals surface area contributed by atoms with Gasteiger partial charge in [0.2, 0.25) is 0 Å². The Labute approximate surface area is 204 Å². The maximum Gasteiger partial charge on any atom is 0.264 e. The molecule has 3 N–H and O–H groups in total. The molecule has 0 radical (unpaired) electrons. The molecule has 0 aliphatic heterocycles. The first-order valence-corrected chi connectivity index (χ1v) is 12.1. The summed E-state index contributed by atoms with van der Waals surface area (Å²) in [6.07, 6.45) is 1.40. The molecule has 0 bridgehead atoms. The summed E-state index contributed by atoms with van der Waals surface area (Å²) in [5.41, 5.74) is 10.2. The van der Waals surface area contributed by atoms with E-state index in [2.05, 4.69) is 10.5 Å². The first-order valence-electron chi connectivity index (χ1n) is 10.6. The zero-order valence-electron chi connectivity index (χ0n) is 19.3. The van der Waals surface area contributed by atoms with E-state index in [1.165, 1.54) is 18.3 Å². The molecule has 0 aliphatic rings. The maximum absolute atomic E-state index is 13.4. The minimum atomic E-state index is -4.00. The predicted molar refractivity (Wildman–Crippen MR) is 134 cm³/mol. The fraction of sp³-hybridized carbons (Fsp3) is 0.160. The van der Waals surface area contributed by atoms with Crippen LogP contribution >= 0.6 is 0 Å². The van der Waals surface area contributed by atoms with E-state index in [0.29, 0.717) is 17.0 Å². The number of nitrogens with two attached hydrogens (primary N) is 1. The molecule has 0 heterocycles. The number of ether oxygens (including phenoxy) is 1. The molecule has 0 aliphatic carbocycles. The van der Waals surface area contributed by atoms with Gasteiger partial charge in [-0.2, -0.15) is 5.10 Å². The van der Waals surface area contributed by atoms with Gasteiger partial charge in [0.15, 0.2) is 6.61 Å². The Bertz CT molecular complexity index is 1320. The van der Waals surface area contributed by atoms with Crippen molar-refractivity contribution in [2.24, 2.45) is 10.8 Å². The van der Waals surface area contributed by atoms with Crippen molar-refractivity contribution in [2.45, 2.75) is 18.7 Å². The van der Waals surface area contributed by atoms with E-state index in [9.17, 15) is 18.0 Å². The number of benzene rings is 3. The number of carbonyl (C=O) groups excluding carboxylic acids is 2. The van der Waals surface area contributed by atoms with Crippen molar-refractivity contribution in [1.82, 2.24) is 5.43 Å². The summed E-state index contributed by atoms with van der Waals surface area (Å²) in [5, 5.41) is 3.92. The van der Waals surface area contributed by atoms with Gasteiger partial charge in [-0.3, -0.25) is 13.9 Å². The van der Waals surface area contributed by atoms with Gasteiger partial charge in [-0.05, 0) is 73.5 Å². The number of amides is 2. The van der Waals surface area contributed by atoms with Gasteiger partial charge < -0.3 is 10.5 Å². The Balaban J connectivity index is 1.73. The number of anilines is 1. The number of primary amides is 1. The summed E-state index contributed by atoms with van der Waals surface area (Å²) in [5.74, 6) is -0.734. The van der Waals surface area contributed by atoms with Crippen molar-refractivity contribution >= 4 is 33.7 Å². The Kier molecular flexibility index (Phi) is 8.21. The van der Waals surface area contributed by atoms with Crippen LogP contribution in [0.25, 0.3) is 0 Å². The number of aryl methyl sites for hydroxylation is 2. The van der Waals surface area contributed by atoms with Crippen LogP contribution in [0.2, 0.25) is 0 Å². The standard InChI is InChI=1S/C25H26N4O5S/c1-18-6-12-23(13-7-18)35(32,33)29(21-5-3-4-19(2)14-21)16-25(31)28-27-15-20-8-10-22(11-9-20)34-17-24(26)30/h3-15H,16-17H2,1-2H3,(H2,26,30)(H,28,31)/b27-15-. The third-order valence-electron chi connectivity index (χ3n) is 4.85. The van der Waals surface area contributed by atoms with E-state index < -0.39 is 28.4 Å². The zero-order chi connectivity index (χ0) is 25.4. The van der Waals surface area contributed by atoms with Crippen LogP contribution in [0.5, 0.6) is 5.75 Å². The summed E-state index contributed by atoms with van der Waals surface area (Å²) in [4.78, 5) is 23.5. The molecule has 10 heteroatoms. The van der Waals surface area contributed by atoms with Crippen molar-refractivity contribution < 1.29 is 22.7 Å². The molecule has 0 atom stereocenters. The summed E-state index contributed by atoms with van der Waals surface area (Å²) in [6, 6.07) is 19.9. The number of nitrogens with zero attached hydrogens (tertiary/aromatic N) is 2. The highest BCUT2D eigenvalue weighted by molar-refractivity contribution is 7.92. The lowest BCUT2D eigenvalue weighted by molar-refractivity contribution is -0.120. The number of nitrogens with one attached hydrogen (secondary N) is 1. The van der Waals surface area contributed by atoms with Gasteiger partial charge in [0.25, 0.3) is 21.8 Å². The lowest BCUT2D eigenvalue weighted by atomic mass is 10.2. The lowest BCUT2D eigenvalue weighted by Gasteiger charge is -2.24. The predicted octanol–water partition coefficient (Wildman–Crippen LogP) is 2.51. The van der Waals surface area contributed by atoms with Crippen LogP contribution in [0.1, 0.15) is 16.7 Å². The van der Waals surface area contributed by atoms with Crippen LogP contribution in [0.4, 0.5) is 5.69 Å². The highest BCUT2D eigenvalue weighted by atomic mass is 32.2. The summed E-state index contributed by atoms with van der Waals surface area (Å²) in [7, 11) is -4.00. The zero-order valence-corrected chi connectivity index (χ0v) is 20.2. The topological polar surface area (TPSA) is 131 Å². The van der Waals surface area contributed by atoms with Crippen LogP contribution in [0.3, 0.4) is 0 Å². The van der Waals surface area contributed by atoms with E-state index >= 15 is 0 Å². The SMILES string of the molecule is Cc1ccc(S(=O)(=O)N(CC(=O)N/N=C\c2ccc(OCC(N)=O)cc2)c2cccc(C)c2)cc1. The Morgan fingerprint density at radius 2 is 1.69 bits per heavy atom. The molecular weight excluding hydrogens is 468 g/mol. The second kappa shape index (κ2) is 11.3. The van der Waals surface area contributed by atoms with Gasteiger partial charge in [-0.1, -0.05) is 29.8 Å². The normalized spacial score (nSPS) is 11.3. The summed E-state index contributed by atoms with van der Waals surface area (Å²) < 4.78 is 33.0. The fourth-order valence-corrected chi connectivity index (χ4v) is 4.50. The van der Waals surface area contributed by atoms with Gasteiger partial charge >= 0.3 is 0 Å². The average molecular weight is 495 g/mol. The molecule has 0 unspecified atom stereocenters. The first kappa shape index (κ1) is 25.4. The molecule has 0 saturated heterocycles. The van der Waals surface area contributed by atoms with E-state index in [4.69, 9.17) is 10.5 Å². The van der Waals surface area contributed by atoms with Crippen LogP contribution in [-0.4, -0.2) is 39.6 Å². The molecule has 3 aromatic rings. The number of rotatable bonds is 10. The van der Waals surface area contributed by atoms with Crippen molar-refractivity contribution in [1.29, 1.82) is 0 Å². The number of hydrogen-bond acceptors (Lipinski definition) is 6. The maximum atomic E-state index is 13.4. The number of carbonyl (C=O) groups is 2. The first-order chi connectivity index (χ1) is 16.6. The van der Waals surface area contributed by atoms with E-state index in [0.717, 1.165) is 15.4 Å². The summed E-state index contributed by atoms with van der Waals surface area (Å²) in [6.45, 7) is 3.01. The second-order valence-corrected chi connectivity index (χ2v) is 9.64. The monoisotopic (exact) mass is 494 g/mol.